The van der Waals surface area contributed by atoms with Gasteiger partial charge in [0.1, 0.15) is 73.2 Å². The molecule has 3 rings (SSSR count). The van der Waals surface area contributed by atoms with Crippen LogP contribution in [-0.2, 0) is 23.7 Å². The number of aliphatic hydroxyl groups excluding tert-OH is 11. The zero-order valence-corrected chi connectivity index (χ0v) is 17.7. The van der Waals surface area contributed by atoms with Crippen molar-refractivity contribution in [2.75, 3.05) is 19.8 Å². The van der Waals surface area contributed by atoms with Gasteiger partial charge >= 0.3 is 0 Å². The third-order valence-corrected chi connectivity index (χ3v) is 6.09. The van der Waals surface area contributed by atoms with Crippen LogP contribution in [0.5, 0.6) is 0 Å². The summed E-state index contributed by atoms with van der Waals surface area (Å²) in [5, 5.41) is 109. The average molecular weight is 504 g/mol. The first-order chi connectivity index (χ1) is 16.0. The van der Waals surface area contributed by atoms with Gasteiger partial charge in [-0.15, -0.1) is 0 Å². The largest absolute Gasteiger partial charge is 0.394 e. The maximum absolute atomic E-state index is 10.8. The molecule has 3 aliphatic rings. The first-order valence-electron chi connectivity index (χ1n) is 10.6. The lowest BCUT2D eigenvalue weighted by atomic mass is 9.96. The van der Waals surface area contributed by atoms with Crippen molar-refractivity contribution in [2.45, 2.75) is 92.1 Å². The Kier molecular flexibility index (Phi) is 9.54. The average Bonchev–Trinajstić information content (AvgIpc) is 2.83. The summed E-state index contributed by atoms with van der Waals surface area (Å²) >= 11 is 0. The van der Waals surface area contributed by atoms with Crippen molar-refractivity contribution >= 4 is 0 Å². The Bertz CT molecular complexity index is 637. The van der Waals surface area contributed by atoms with Crippen LogP contribution in [0.25, 0.3) is 0 Å². The molecule has 0 spiro atoms. The molecule has 0 bridgehead atoms. The summed E-state index contributed by atoms with van der Waals surface area (Å²) < 4.78 is 26.4. The second-order valence-electron chi connectivity index (χ2n) is 8.33. The molecule has 200 valence electrons. The molecule has 15 atom stereocenters. The van der Waals surface area contributed by atoms with E-state index >= 15 is 0 Å². The van der Waals surface area contributed by atoms with E-state index in [9.17, 15) is 56.2 Å². The van der Waals surface area contributed by atoms with Gasteiger partial charge in [-0.05, 0) is 0 Å². The van der Waals surface area contributed by atoms with E-state index < -0.39 is 112 Å². The van der Waals surface area contributed by atoms with Crippen LogP contribution in [-0.4, -0.2) is 168 Å². The molecule has 3 fully saturated rings. The Morgan fingerprint density at radius 1 is 0.441 bits per heavy atom. The van der Waals surface area contributed by atoms with Gasteiger partial charge in [0, 0.05) is 0 Å². The molecule has 16 nitrogen and oxygen atoms in total. The lowest BCUT2D eigenvalue weighted by Gasteiger charge is -2.47. The van der Waals surface area contributed by atoms with Crippen LogP contribution in [0.4, 0.5) is 0 Å². The van der Waals surface area contributed by atoms with E-state index in [0.29, 0.717) is 0 Å². The third-order valence-electron chi connectivity index (χ3n) is 6.09. The van der Waals surface area contributed by atoms with Crippen LogP contribution in [0.3, 0.4) is 0 Å². The van der Waals surface area contributed by atoms with Crippen molar-refractivity contribution in [1.82, 2.24) is 0 Å². The summed E-state index contributed by atoms with van der Waals surface area (Å²) in [5.74, 6) is 0. The number of hydrogen-bond acceptors (Lipinski definition) is 16. The molecule has 0 saturated carbocycles. The van der Waals surface area contributed by atoms with E-state index in [1.165, 1.54) is 0 Å². The Morgan fingerprint density at radius 3 is 1.50 bits per heavy atom. The Hall–Kier alpha value is -0.640. The van der Waals surface area contributed by atoms with Gasteiger partial charge in [0.25, 0.3) is 0 Å². The highest BCUT2D eigenvalue weighted by Gasteiger charge is 2.53. The van der Waals surface area contributed by atoms with E-state index in [0.717, 1.165) is 0 Å². The van der Waals surface area contributed by atoms with Crippen LogP contribution in [0.15, 0.2) is 0 Å². The molecule has 0 amide bonds. The van der Waals surface area contributed by atoms with Gasteiger partial charge in [-0.25, -0.2) is 0 Å². The zero-order valence-electron chi connectivity index (χ0n) is 17.7. The number of aliphatic hydroxyl groups is 11. The van der Waals surface area contributed by atoms with Crippen LogP contribution < -0.4 is 0 Å². The Balaban J connectivity index is 1.78. The molecule has 0 aromatic carbocycles. The smallest absolute Gasteiger partial charge is 0.187 e. The van der Waals surface area contributed by atoms with Gasteiger partial charge in [-0.3, -0.25) is 0 Å². The second-order valence-corrected chi connectivity index (χ2v) is 8.33. The van der Waals surface area contributed by atoms with Crippen LogP contribution in [0, 0.1) is 0 Å². The molecule has 0 aromatic rings. The molecule has 16 heteroatoms. The Labute approximate surface area is 192 Å². The fourth-order valence-corrected chi connectivity index (χ4v) is 4.05. The van der Waals surface area contributed by atoms with Gasteiger partial charge in [0.2, 0.25) is 0 Å². The maximum atomic E-state index is 10.8. The number of rotatable bonds is 7. The van der Waals surface area contributed by atoms with E-state index in [1.54, 1.807) is 0 Å². The summed E-state index contributed by atoms with van der Waals surface area (Å²) in [6.07, 6.45) is -25.4. The van der Waals surface area contributed by atoms with Crippen molar-refractivity contribution in [1.29, 1.82) is 0 Å². The first kappa shape index (κ1) is 27.9. The lowest BCUT2D eigenvalue weighted by molar-refractivity contribution is -0.378. The van der Waals surface area contributed by atoms with Crippen molar-refractivity contribution in [3.8, 4) is 0 Å². The molecule has 0 aliphatic carbocycles. The van der Waals surface area contributed by atoms with Gasteiger partial charge in [-0.1, -0.05) is 0 Å². The first-order valence-corrected chi connectivity index (χ1v) is 10.6. The van der Waals surface area contributed by atoms with Gasteiger partial charge in [-0.2, -0.15) is 0 Å². The SMILES string of the molecule is OC[C@@H]1O[C@H](O[C@H]2[C@H](O)[C@@H](O[C@H]3[C@H](O)[C@@H](O)[C@H](O)O[C@@H]3CO)O[C@@H](CO)[C@@H]2O)[C@@H](O)[C@H](O)[C@H]1O. The molecule has 3 aliphatic heterocycles. The molecule has 34 heavy (non-hydrogen) atoms. The number of hydrogen-bond donors (Lipinski definition) is 11. The van der Waals surface area contributed by atoms with Crippen LogP contribution in [0.1, 0.15) is 0 Å². The normalized spacial score (nSPS) is 52.5. The lowest BCUT2D eigenvalue weighted by Crippen LogP contribution is -2.66. The summed E-state index contributed by atoms with van der Waals surface area (Å²) in [4.78, 5) is 0. The van der Waals surface area contributed by atoms with E-state index in [1.807, 2.05) is 0 Å². The number of ether oxygens (including phenoxy) is 5. The third kappa shape index (κ3) is 5.37. The molecule has 0 unspecified atom stereocenters. The molecule has 0 aromatic heterocycles. The van der Waals surface area contributed by atoms with Crippen molar-refractivity contribution in [3.05, 3.63) is 0 Å². The maximum Gasteiger partial charge on any atom is 0.187 e. The molecular formula is C18H32O16. The highest BCUT2D eigenvalue weighted by atomic mass is 16.7. The summed E-state index contributed by atoms with van der Waals surface area (Å²) in [6.45, 7) is -2.34. The molecular weight excluding hydrogens is 472 g/mol. The fourth-order valence-electron chi connectivity index (χ4n) is 4.05. The summed E-state index contributed by atoms with van der Waals surface area (Å²) in [6, 6.07) is 0. The van der Waals surface area contributed by atoms with Gasteiger partial charge in [0.05, 0.1) is 19.8 Å². The molecule has 0 radical (unpaired) electrons. The summed E-state index contributed by atoms with van der Waals surface area (Å²) in [7, 11) is 0. The molecule has 11 N–H and O–H groups in total. The Morgan fingerprint density at radius 2 is 0.941 bits per heavy atom. The minimum atomic E-state index is -1.90. The molecule has 3 heterocycles. The zero-order chi connectivity index (χ0) is 25.3. The fraction of sp³-hybridized carbons (Fsp3) is 1.00. The molecule has 3 saturated heterocycles. The predicted octanol–water partition coefficient (Wildman–Crippen LogP) is -7.57. The van der Waals surface area contributed by atoms with E-state index in [4.69, 9.17) is 23.7 Å². The standard InChI is InChI=1S/C18H32O16/c19-1-4-7(22)9(24)12(27)17(31-4)34-15-8(23)5(2-20)32-18(13(15)28)33-14-6(3-21)30-16(29)11(26)10(14)25/h4-29H,1-3H2/t4-,5-,6+,7-,8-,9+,10+,11+,12-,13-,14+,15+,16+,17+,18+/m0/s1. The van der Waals surface area contributed by atoms with Crippen molar-refractivity contribution in [2.24, 2.45) is 0 Å². The quantitative estimate of drug-likeness (QED) is 0.154. The van der Waals surface area contributed by atoms with E-state index in [-0.39, 0.29) is 0 Å². The minimum absolute atomic E-state index is 0.759. The topological polar surface area (TPSA) is 269 Å². The second kappa shape index (κ2) is 11.6. The predicted molar refractivity (Wildman–Crippen MR) is 101 cm³/mol. The van der Waals surface area contributed by atoms with Crippen molar-refractivity contribution in [3.63, 3.8) is 0 Å². The summed E-state index contributed by atoms with van der Waals surface area (Å²) in [5.41, 5.74) is 0. The van der Waals surface area contributed by atoms with Crippen LogP contribution in [0.2, 0.25) is 0 Å². The van der Waals surface area contributed by atoms with Gasteiger partial charge < -0.3 is 79.9 Å². The van der Waals surface area contributed by atoms with Gasteiger partial charge in [0.15, 0.2) is 18.9 Å². The highest BCUT2D eigenvalue weighted by molar-refractivity contribution is 4.96. The van der Waals surface area contributed by atoms with E-state index in [2.05, 4.69) is 0 Å². The monoisotopic (exact) mass is 504 g/mol. The van der Waals surface area contributed by atoms with Crippen molar-refractivity contribution < 1.29 is 79.9 Å². The minimum Gasteiger partial charge on any atom is -0.394 e. The highest BCUT2D eigenvalue weighted by Crippen LogP contribution is 2.32. The van der Waals surface area contributed by atoms with Crippen LogP contribution >= 0.6 is 0 Å².